The van der Waals surface area contributed by atoms with Gasteiger partial charge in [-0.05, 0) is 41.7 Å². The second-order valence-electron chi connectivity index (χ2n) is 5.17. The van der Waals surface area contributed by atoms with Crippen molar-refractivity contribution in [2.75, 3.05) is 0 Å². The summed E-state index contributed by atoms with van der Waals surface area (Å²) in [6, 6.07) is 15.0. The van der Waals surface area contributed by atoms with Crippen molar-refractivity contribution in [3.05, 3.63) is 59.1 Å². The minimum Gasteiger partial charge on any atom is -0.479 e. The molecule has 0 radical (unpaired) electrons. The van der Waals surface area contributed by atoms with Gasteiger partial charge in [-0.3, -0.25) is 0 Å². The van der Waals surface area contributed by atoms with E-state index in [1.165, 1.54) is 0 Å². The van der Waals surface area contributed by atoms with Crippen LogP contribution in [0.2, 0.25) is 5.02 Å². The van der Waals surface area contributed by atoms with Crippen molar-refractivity contribution in [1.82, 2.24) is 0 Å². The van der Waals surface area contributed by atoms with E-state index in [4.69, 9.17) is 22.4 Å². The Hall–Kier alpha value is -1.88. The molecule has 0 aliphatic carbocycles. The quantitative estimate of drug-likeness (QED) is 0.763. The van der Waals surface area contributed by atoms with Crippen molar-refractivity contribution >= 4 is 17.6 Å². The van der Waals surface area contributed by atoms with E-state index in [0.717, 1.165) is 16.7 Å². The highest BCUT2D eigenvalue weighted by Crippen LogP contribution is 2.25. The van der Waals surface area contributed by atoms with Crippen LogP contribution in [0.25, 0.3) is 11.1 Å². The molecule has 5 heteroatoms. The van der Waals surface area contributed by atoms with E-state index in [1.807, 2.05) is 48.5 Å². The number of benzene rings is 2. The number of aliphatic carboxylic acids is 1. The second kappa shape index (κ2) is 7.40. The highest BCUT2D eigenvalue weighted by molar-refractivity contribution is 6.30. The molecule has 0 saturated heterocycles. The standard InChI is InChI=1S/C17H18ClNO3/c18-14-3-1-2-13(10-14)11-4-6-12(7-5-11)15(19)8-9-16(20)17(21)22/h1-7,10,15-16,20H,8-9,19H2,(H,21,22). The number of carbonyl (C=O) groups is 1. The van der Waals surface area contributed by atoms with Gasteiger partial charge in [0.05, 0.1) is 0 Å². The van der Waals surface area contributed by atoms with Gasteiger partial charge < -0.3 is 15.9 Å². The molecule has 2 aromatic carbocycles. The fourth-order valence-corrected chi connectivity index (χ4v) is 2.41. The minimum absolute atomic E-state index is 0.131. The number of nitrogens with two attached hydrogens (primary N) is 1. The van der Waals surface area contributed by atoms with Crippen molar-refractivity contribution in [2.24, 2.45) is 5.73 Å². The first kappa shape index (κ1) is 16.5. The Morgan fingerprint density at radius 2 is 1.77 bits per heavy atom. The molecule has 2 atom stereocenters. The van der Waals surface area contributed by atoms with Gasteiger partial charge in [-0.1, -0.05) is 48.0 Å². The number of aliphatic hydroxyl groups is 1. The van der Waals surface area contributed by atoms with E-state index in [-0.39, 0.29) is 12.5 Å². The molecule has 0 aliphatic rings. The number of hydrogen-bond donors (Lipinski definition) is 3. The molecule has 0 aromatic heterocycles. The highest BCUT2D eigenvalue weighted by Gasteiger charge is 2.15. The van der Waals surface area contributed by atoms with Crippen LogP contribution in [0.1, 0.15) is 24.4 Å². The van der Waals surface area contributed by atoms with Gasteiger partial charge in [0.1, 0.15) is 0 Å². The SMILES string of the molecule is NC(CCC(O)C(=O)O)c1ccc(-c2cccc(Cl)c2)cc1. The molecular weight excluding hydrogens is 302 g/mol. The Kier molecular flexibility index (Phi) is 5.55. The van der Waals surface area contributed by atoms with Crippen LogP contribution in [-0.2, 0) is 4.79 Å². The molecular formula is C17H18ClNO3. The summed E-state index contributed by atoms with van der Waals surface area (Å²) in [6.07, 6.45) is -0.826. The van der Waals surface area contributed by atoms with Gasteiger partial charge in [-0.15, -0.1) is 0 Å². The van der Waals surface area contributed by atoms with E-state index in [9.17, 15) is 9.90 Å². The molecule has 0 saturated carbocycles. The van der Waals surface area contributed by atoms with Crippen molar-refractivity contribution < 1.29 is 15.0 Å². The van der Waals surface area contributed by atoms with E-state index >= 15 is 0 Å². The number of aliphatic hydroxyl groups excluding tert-OH is 1. The van der Waals surface area contributed by atoms with Crippen LogP contribution in [0.5, 0.6) is 0 Å². The number of halogens is 1. The van der Waals surface area contributed by atoms with Gasteiger partial charge in [-0.25, -0.2) is 4.79 Å². The van der Waals surface area contributed by atoms with Crippen LogP contribution < -0.4 is 5.73 Å². The summed E-state index contributed by atoms with van der Waals surface area (Å²) >= 11 is 5.98. The molecule has 0 bridgehead atoms. The van der Waals surface area contributed by atoms with E-state index in [2.05, 4.69) is 0 Å². The van der Waals surface area contributed by atoms with Crippen LogP contribution in [0.3, 0.4) is 0 Å². The van der Waals surface area contributed by atoms with Gasteiger partial charge >= 0.3 is 5.97 Å². The number of carboxylic acids is 1. The van der Waals surface area contributed by atoms with Gasteiger partial charge in [0.15, 0.2) is 6.10 Å². The highest BCUT2D eigenvalue weighted by atomic mass is 35.5. The van der Waals surface area contributed by atoms with Gasteiger partial charge in [0.2, 0.25) is 0 Å². The maximum absolute atomic E-state index is 10.6. The molecule has 0 amide bonds. The summed E-state index contributed by atoms with van der Waals surface area (Å²) in [5.74, 6) is -1.22. The maximum atomic E-state index is 10.6. The zero-order valence-electron chi connectivity index (χ0n) is 11.9. The molecule has 2 aromatic rings. The summed E-state index contributed by atoms with van der Waals surface area (Å²) in [7, 11) is 0. The third kappa shape index (κ3) is 4.31. The Morgan fingerprint density at radius 3 is 2.36 bits per heavy atom. The van der Waals surface area contributed by atoms with E-state index < -0.39 is 12.1 Å². The normalized spacial score (nSPS) is 13.6. The Balaban J connectivity index is 2.03. The fourth-order valence-electron chi connectivity index (χ4n) is 2.22. The molecule has 4 N–H and O–H groups in total. The lowest BCUT2D eigenvalue weighted by Gasteiger charge is -2.14. The molecule has 4 nitrogen and oxygen atoms in total. The van der Waals surface area contributed by atoms with Crippen LogP contribution in [0, 0.1) is 0 Å². The van der Waals surface area contributed by atoms with Crippen molar-refractivity contribution in [2.45, 2.75) is 25.0 Å². The molecule has 0 heterocycles. The van der Waals surface area contributed by atoms with Gasteiger partial charge in [-0.2, -0.15) is 0 Å². The lowest BCUT2D eigenvalue weighted by Crippen LogP contribution is -2.21. The fraction of sp³-hybridized carbons (Fsp3) is 0.235. The topological polar surface area (TPSA) is 83.5 Å². The summed E-state index contributed by atoms with van der Waals surface area (Å²) in [5, 5.41) is 18.6. The largest absolute Gasteiger partial charge is 0.479 e. The third-order valence-corrected chi connectivity index (χ3v) is 3.77. The predicted octanol–water partition coefficient (Wildman–Crippen LogP) is 3.23. The van der Waals surface area contributed by atoms with Crippen LogP contribution in [-0.4, -0.2) is 22.3 Å². The maximum Gasteiger partial charge on any atom is 0.332 e. The second-order valence-corrected chi connectivity index (χ2v) is 5.61. The lowest BCUT2D eigenvalue weighted by molar-refractivity contribution is -0.147. The number of rotatable bonds is 6. The van der Waals surface area contributed by atoms with Crippen molar-refractivity contribution in [3.63, 3.8) is 0 Å². The number of hydrogen-bond acceptors (Lipinski definition) is 3. The zero-order valence-corrected chi connectivity index (χ0v) is 12.7. The molecule has 116 valence electrons. The Morgan fingerprint density at radius 1 is 1.09 bits per heavy atom. The zero-order chi connectivity index (χ0) is 16.1. The first-order chi connectivity index (χ1) is 10.5. The first-order valence-electron chi connectivity index (χ1n) is 6.99. The predicted molar refractivity (Wildman–Crippen MR) is 86.7 cm³/mol. The Bertz CT molecular complexity index is 643. The van der Waals surface area contributed by atoms with Crippen molar-refractivity contribution in [3.8, 4) is 11.1 Å². The molecule has 2 rings (SSSR count). The third-order valence-electron chi connectivity index (χ3n) is 3.53. The summed E-state index contributed by atoms with van der Waals surface area (Å²) in [4.78, 5) is 10.6. The first-order valence-corrected chi connectivity index (χ1v) is 7.37. The van der Waals surface area contributed by atoms with Gasteiger partial charge in [0, 0.05) is 11.1 Å². The van der Waals surface area contributed by atoms with E-state index in [0.29, 0.717) is 11.4 Å². The molecule has 22 heavy (non-hydrogen) atoms. The van der Waals surface area contributed by atoms with Crippen LogP contribution in [0.4, 0.5) is 0 Å². The van der Waals surface area contributed by atoms with E-state index in [1.54, 1.807) is 0 Å². The summed E-state index contributed by atoms with van der Waals surface area (Å²) < 4.78 is 0. The smallest absolute Gasteiger partial charge is 0.332 e. The average molecular weight is 320 g/mol. The van der Waals surface area contributed by atoms with Gasteiger partial charge in [0.25, 0.3) is 0 Å². The van der Waals surface area contributed by atoms with Crippen molar-refractivity contribution in [1.29, 1.82) is 0 Å². The van der Waals surface area contributed by atoms with Crippen LogP contribution >= 0.6 is 11.6 Å². The average Bonchev–Trinajstić information content (AvgIpc) is 2.52. The Labute approximate surface area is 134 Å². The van der Waals surface area contributed by atoms with Crippen LogP contribution in [0.15, 0.2) is 48.5 Å². The molecule has 0 spiro atoms. The minimum atomic E-state index is -1.36. The summed E-state index contributed by atoms with van der Waals surface area (Å²) in [6.45, 7) is 0. The molecule has 0 aliphatic heterocycles. The molecule has 0 fully saturated rings. The monoisotopic (exact) mass is 319 g/mol. The number of carboxylic acid groups (broad SMARTS) is 1. The summed E-state index contributed by atoms with van der Waals surface area (Å²) in [5.41, 5.74) is 8.99. The lowest BCUT2D eigenvalue weighted by atomic mass is 9.98. The molecule has 2 unspecified atom stereocenters.